The number of benzene rings is 1. The van der Waals surface area contributed by atoms with Crippen LogP contribution in [0.15, 0.2) is 30.5 Å². The van der Waals surface area contributed by atoms with Gasteiger partial charge in [0.05, 0.1) is 17.3 Å². The zero-order chi connectivity index (χ0) is 14.1. The van der Waals surface area contributed by atoms with Crippen LogP contribution in [-0.2, 0) is 0 Å². The Bertz CT molecular complexity index is 781. The minimum atomic E-state index is -0.280. The van der Waals surface area contributed by atoms with Crippen LogP contribution >= 0.6 is 0 Å². The number of aromatic nitrogens is 4. The SMILES string of the molecule is Cc1nc(N)c2cccc(C(=O)Nc3ccn[nH]3)c2n1. The molecule has 0 atom stereocenters. The molecule has 0 radical (unpaired) electrons. The smallest absolute Gasteiger partial charge is 0.259 e. The number of carbonyl (C=O) groups excluding carboxylic acids is 1. The van der Waals surface area contributed by atoms with Crippen LogP contribution in [0, 0.1) is 6.92 Å². The highest BCUT2D eigenvalue weighted by Gasteiger charge is 2.14. The van der Waals surface area contributed by atoms with Gasteiger partial charge in [0.2, 0.25) is 0 Å². The zero-order valence-corrected chi connectivity index (χ0v) is 10.7. The molecule has 100 valence electrons. The number of carbonyl (C=O) groups is 1. The summed E-state index contributed by atoms with van der Waals surface area (Å²) >= 11 is 0. The third kappa shape index (κ3) is 2.05. The number of aromatic amines is 1. The molecule has 0 aliphatic carbocycles. The molecule has 20 heavy (non-hydrogen) atoms. The van der Waals surface area contributed by atoms with Crippen LogP contribution in [0.3, 0.4) is 0 Å². The van der Waals surface area contributed by atoms with Crippen LogP contribution in [0.25, 0.3) is 10.9 Å². The summed E-state index contributed by atoms with van der Waals surface area (Å²) in [7, 11) is 0. The number of nitrogen functional groups attached to an aromatic ring is 1. The number of fused-ring (bicyclic) bond motifs is 1. The Labute approximate surface area is 114 Å². The van der Waals surface area contributed by atoms with E-state index in [2.05, 4.69) is 25.5 Å². The molecule has 0 spiro atoms. The second kappa shape index (κ2) is 4.61. The van der Waals surface area contributed by atoms with Gasteiger partial charge in [-0.05, 0) is 19.1 Å². The van der Waals surface area contributed by atoms with Crippen molar-refractivity contribution in [3.8, 4) is 0 Å². The lowest BCUT2D eigenvalue weighted by atomic mass is 10.1. The lowest BCUT2D eigenvalue weighted by molar-refractivity contribution is 0.102. The van der Waals surface area contributed by atoms with E-state index in [9.17, 15) is 4.79 Å². The highest BCUT2D eigenvalue weighted by atomic mass is 16.1. The van der Waals surface area contributed by atoms with Gasteiger partial charge in [0, 0.05) is 11.5 Å². The molecule has 0 fully saturated rings. The van der Waals surface area contributed by atoms with Crippen LogP contribution in [0.2, 0.25) is 0 Å². The predicted octanol–water partition coefficient (Wildman–Crippen LogP) is 1.50. The van der Waals surface area contributed by atoms with Crippen molar-refractivity contribution in [1.29, 1.82) is 0 Å². The molecule has 0 aliphatic heterocycles. The van der Waals surface area contributed by atoms with Crippen LogP contribution in [0.1, 0.15) is 16.2 Å². The second-order valence-corrected chi connectivity index (χ2v) is 4.28. The molecule has 3 aromatic rings. The molecule has 7 nitrogen and oxygen atoms in total. The van der Waals surface area contributed by atoms with E-state index in [-0.39, 0.29) is 5.91 Å². The van der Waals surface area contributed by atoms with Crippen molar-refractivity contribution in [2.24, 2.45) is 0 Å². The largest absolute Gasteiger partial charge is 0.383 e. The van der Waals surface area contributed by atoms with Crippen molar-refractivity contribution < 1.29 is 4.79 Å². The molecule has 7 heteroatoms. The quantitative estimate of drug-likeness (QED) is 0.652. The Balaban J connectivity index is 2.09. The summed E-state index contributed by atoms with van der Waals surface area (Å²) in [4.78, 5) is 20.7. The molecule has 1 aromatic carbocycles. The monoisotopic (exact) mass is 268 g/mol. The highest BCUT2D eigenvalue weighted by Crippen LogP contribution is 2.21. The van der Waals surface area contributed by atoms with Gasteiger partial charge in [-0.25, -0.2) is 9.97 Å². The number of H-pyrrole nitrogens is 1. The standard InChI is InChI=1S/C13H12N6O/c1-7-16-11-8(12(14)17-7)3-2-4-9(11)13(20)18-10-5-6-15-19-10/h2-6H,1H3,(H2,14,16,17)(H2,15,18,19,20). The average molecular weight is 268 g/mol. The summed E-state index contributed by atoms with van der Waals surface area (Å²) in [6.07, 6.45) is 1.56. The second-order valence-electron chi connectivity index (χ2n) is 4.28. The maximum atomic E-state index is 12.3. The van der Waals surface area contributed by atoms with Crippen molar-refractivity contribution in [2.45, 2.75) is 6.92 Å². The summed E-state index contributed by atoms with van der Waals surface area (Å²) in [5, 5.41) is 9.81. The van der Waals surface area contributed by atoms with E-state index in [1.54, 1.807) is 37.4 Å². The van der Waals surface area contributed by atoms with Crippen molar-refractivity contribution in [3.05, 3.63) is 41.9 Å². The summed E-state index contributed by atoms with van der Waals surface area (Å²) < 4.78 is 0. The molecular weight excluding hydrogens is 256 g/mol. The number of hydrogen-bond acceptors (Lipinski definition) is 5. The van der Waals surface area contributed by atoms with Crippen molar-refractivity contribution in [1.82, 2.24) is 20.2 Å². The van der Waals surface area contributed by atoms with E-state index in [4.69, 9.17) is 5.73 Å². The fourth-order valence-corrected chi connectivity index (χ4v) is 1.99. The first kappa shape index (κ1) is 12.1. The molecule has 0 saturated carbocycles. The van der Waals surface area contributed by atoms with Crippen LogP contribution in [0.4, 0.5) is 11.6 Å². The number of rotatable bonds is 2. The summed E-state index contributed by atoms with van der Waals surface area (Å²) in [5.41, 5.74) is 6.84. The van der Waals surface area contributed by atoms with Gasteiger partial charge < -0.3 is 11.1 Å². The van der Waals surface area contributed by atoms with Crippen LogP contribution in [0.5, 0.6) is 0 Å². The molecular formula is C13H12N6O. The van der Waals surface area contributed by atoms with Gasteiger partial charge in [0.25, 0.3) is 5.91 Å². The van der Waals surface area contributed by atoms with Gasteiger partial charge in [0.1, 0.15) is 17.5 Å². The van der Waals surface area contributed by atoms with Gasteiger partial charge in [-0.2, -0.15) is 5.10 Å². The lowest BCUT2D eigenvalue weighted by Crippen LogP contribution is -2.13. The van der Waals surface area contributed by atoms with Gasteiger partial charge in [-0.15, -0.1) is 0 Å². The molecule has 2 aromatic heterocycles. The maximum Gasteiger partial charge on any atom is 0.259 e. The normalized spacial score (nSPS) is 10.7. The van der Waals surface area contributed by atoms with E-state index in [0.717, 1.165) is 0 Å². The van der Waals surface area contributed by atoms with Gasteiger partial charge in [0.15, 0.2) is 0 Å². The highest BCUT2D eigenvalue weighted by molar-refractivity contribution is 6.12. The number of nitrogens with one attached hydrogen (secondary N) is 2. The average Bonchev–Trinajstić information content (AvgIpc) is 2.90. The molecule has 4 N–H and O–H groups in total. The molecule has 1 amide bonds. The number of nitrogens with zero attached hydrogens (tertiary/aromatic N) is 3. The molecule has 0 saturated heterocycles. The van der Waals surface area contributed by atoms with Gasteiger partial charge in [-0.1, -0.05) is 6.07 Å². The lowest BCUT2D eigenvalue weighted by Gasteiger charge is -2.08. The Morgan fingerprint density at radius 2 is 2.15 bits per heavy atom. The van der Waals surface area contributed by atoms with Crippen molar-refractivity contribution in [2.75, 3.05) is 11.1 Å². The van der Waals surface area contributed by atoms with Gasteiger partial charge >= 0.3 is 0 Å². The number of aryl methyl sites for hydroxylation is 1. The first-order valence-electron chi connectivity index (χ1n) is 5.99. The fraction of sp³-hybridized carbons (Fsp3) is 0.0769. The summed E-state index contributed by atoms with van der Waals surface area (Å²) in [6.45, 7) is 1.74. The first-order valence-corrected chi connectivity index (χ1v) is 5.99. The van der Waals surface area contributed by atoms with Crippen LogP contribution < -0.4 is 11.1 Å². The van der Waals surface area contributed by atoms with E-state index in [1.165, 1.54) is 0 Å². The van der Waals surface area contributed by atoms with Crippen molar-refractivity contribution in [3.63, 3.8) is 0 Å². The predicted molar refractivity (Wildman–Crippen MR) is 75.2 cm³/mol. The third-order valence-electron chi connectivity index (χ3n) is 2.86. The Morgan fingerprint density at radius 1 is 1.30 bits per heavy atom. The molecule has 2 heterocycles. The minimum absolute atomic E-state index is 0.280. The van der Waals surface area contributed by atoms with E-state index in [1.807, 2.05) is 0 Å². The molecule has 0 bridgehead atoms. The summed E-state index contributed by atoms with van der Waals surface area (Å²) in [5.74, 6) is 1.13. The maximum absolute atomic E-state index is 12.3. The van der Waals surface area contributed by atoms with E-state index < -0.39 is 0 Å². The van der Waals surface area contributed by atoms with Crippen molar-refractivity contribution >= 4 is 28.4 Å². The minimum Gasteiger partial charge on any atom is -0.383 e. The van der Waals surface area contributed by atoms with Crippen LogP contribution in [-0.4, -0.2) is 26.1 Å². The number of anilines is 2. The molecule has 0 unspecified atom stereocenters. The Kier molecular flexibility index (Phi) is 2.79. The van der Waals surface area contributed by atoms with Gasteiger partial charge in [-0.3, -0.25) is 9.89 Å². The molecule has 0 aliphatic rings. The van der Waals surface area contributed by atoms with E-state index >= 15 is 0 Å². The molecule has 3 rings (SSSR count). The first-order chi connectivity index (χ1) is 9.65. The summed E-state index contributed by atoms with van der Waals surface area (Å²) in [6, 6.07) is 6.90. The fourth-order valence-electron chi connectivity index (χ4n) is 1.99. The number of para-hydroxylation sites is 1. The number of hydrogen-bond donors (Lipinski definition) is 3. The Morgan fingerprint density at radius 3 is 2.90 bits per heavy atom. The Hall–Kier alpha value is -2.96. The van der Waals surface area contributed by atoms with E-state index in [0.29, 0.717) is 33.9 Å². The number of amides is 1. The topological polar surface area (TPSA) is 110 Å². The number of nitrogens with two attached hydrogens (primary N) is 1. The zero-order valence-electron chi connectivity index (χ0n) is 10.7. The third-order valence-corrected chi connectivity index (χ3v) is 2.86.